The quantitative estimate of drug-likeness (QED) is 0.836. The maximum absolute atomic E-state index is 5.90. The van der Waals surface area contributed by atoms with Crippen molar-refractivity contribution in [1.29, 1.82) is 0 Å². The Morgan fingerprint density at radius 2 is 1.80 bits per heavy atom. The van der Waals surface area contributed by atoms with Gasteiger partial charge in [-0.2, -0.15) is 0 Å². The lowest BCUT2D eigenvalue weighted by Gasteiger charge is -2.20. The molecule has 2 N–H and O–H groups in total. The van der Waals surface area contributed by atoms with Gasteiger partial charge in [-0.05, 0) is 61.2 Å². The molecule has 3 rings (SSSR count). The fourth-order valence-corrected chi connectivity index (χ4v) is 3.21. The van der Waals surface area contributed by atoms with Crippen molar-refractivity contribution in [3.63, 3.8) is 0 Å². The van der Waals surface area contributed by atoms with E-state index >= 15 is 0 Å². The van der Waals surface area contributed by atoms with Crippen LogP contribution in [0.2, 0.25) is 0 Å². The third-order valence-corrected chi connectivity index (χ3v) is 4.14. The molecule has 2 heteroatoms. The van der Waals surface area contributed by atoms with Gasteiger partial charge in [0.05, 0.1) is 0 Å². The van der Waals surface area contributed by atoms with E-state index in [1.807, 2.05) is 6.07 Å². The summed E-state index contributed by atoms with van der Waals surface area (Å²) < 4.78 is 0. The van der Waals surface area contributed by atoms with Crippen LogP contribution in [0.3, 0.4) is 0 Å². The van der Waals surface area contributed by atoms with Crippen LogP contribution in [0, 0.1) is 13.8 Å². The number of nitrogens with zero attached hydrogens (tertiary/aromatic N) is 1. The topological polar surface area (TPSA) is 29.3 Å². The molecule has 0 saturated carbocycles. The highest BCUT2D eigenvalue weighted by Gasteiger charge is 2.24. The van der Waals surface area contributed by atoms with Crippen LogP contribution < -0.4 is 10.6 Å². The number of rotatable bonds is 2. The van der Waals surface area contributed by atoms with E-state index in [-0.39, 0.29) is 0 Å². The van der Waals surface area contributed by atoms with Crippen LogP contribution in [0.4, 0.5) is 11.4 Å². The number of hydrogen-bond acceptors (Lipinski definition) is 2. The normalized spacial score (nSPS) is 18.5. The summed E-state index contributed by atoms with van der Waals surface area (Å²) in [6.45, 7) is 6.55. The molecule has 0 bridgehead atoms. The summed E-state index contributed by atoms with van der Waals surface area (Å²) in [6, 6.07) is 15.1. The molecule has 2 nitrogen and oxygen atoms in total. The summed E-state index contributed by atoms with van der Waals surface area (Å²) in [7, 11) is 0. The van der Waals surface area contributed by atoms with E-state index in [0.717, 1.165) is 18.8 Å². The van der Waals surface area contributed by atoms with Gasteiger partial charge in [0.15, 0.2) is 0 Å². The fraction of sp³-hybridized carbons (Fsp3) is 0.333. The van der Waals surface area contributed by atoms with Crippen molar-refractivity contribution in [3.05, 3.63) is 59.2 Å². The average molecular weight is 266 g/mol. The minimum absolute atomic E-state index is 0.597. The van der Waals surface area contributed by atoms with Crippen LogP contribution >= 0.6 is 0 Å². The summed E-state index contributed by atoms with van der Waals surface area (Å²) in [5.74, 6) is 0.597. The first-order chi connectivity index (χ1) is 9.61. The molecule has 1 aliphatic rings. The Hall–Kier alpha value is -1.96. The van der Waals surface area contributed by atoms with Gasteiger partial charge in [0.2, 0.25) is 0 Å². The Labute approximate surface area is 121 Å². The molecule has 104 valence electrons. The highest BCUT2D eigenvalue weighted by atomic mass is 15.1. The molecular weight excluding hydrogens is 244 g/mol. The highest BCUT2D eigenvalue weighted by Crippen LogP contribution is 2.32. The van der Waals surface area contributed by atoms with E-state index in [1.54, 1.807) is 0 Å². The molecule has 0 aliphatic carbocycles. The summed E-state index contributed by atoms with van der Waals surface area (Å²) >= 11 is 0. The fourth-order valence-electron chi connectivity index (χ4n) is 3.21. The lowest BCUT2D eigenvalue weighted by atomic mass is 9.98. The van der Waals surface area contributed by atoms with Crippen molar-refractivity contribution in [1.82, 2.24) is 0 Å². The van der Waals surface area contributed by atoms with Gasteiger partial charge in [-0.15, -0.1) is 0 Å². The number of aryl methyl sites for hydroxylation is 2. The van der Waals surface area contributed by atoms with Crippen LogP contribution in [0.25, 0.3) is 0 Å². The predicted octanol–water partition coefficient (Wildman–Crippen LogP) is 3.88. The average Bonchev–Trinajstić information content (AvgIpc) is 2.87. The molecule has 20 heavy (non-hydrogen) atoms. The highest BCUT2D eigenvalue weighted by molar-refractivity contribution is 5.53. The maximum atomic E-state index is 5.90. The van der Waals surface area contributed by atoms with Gasteiger partial charge in [0.1, 0.15) is 0 Å². The predicted molar refractivity (Wildman–Crippen MR) is 86.3 cm³/mol. The van der Waals surface area contributed by atoms with Crippen molar-refractivity contribution >= 4 is 11.4 Å². The van der Waals surface area contributed by atoms with Gasteiger partial charge in [-0.3, -0.25) is 0 Å². The largest absolute Gasteiger partial charge is 0.399 e. The Morgan fingerprint density at radius 1 is 1.05 bits per heavy atom. The molecule has 0 amide bonds. The lowest BCUT2D eigenvalue weighted by Crippen LogP contribution is -2.19. The standard InChI is InChI=1S/C18H22N2/c1-13-8-14(2)10-18(9-13)20-7-6-16(12-20)15-4-3-5-17(19)11-15/h3-5,8-11,16H,6-7,12,19H2,1-2H3. The molecule has 2 aromatic carbocycles. The molecule has 2 aromatic rings. The van der Waals surface area contributed by atoms with Crippen molar-refractivity contribution in [2.45, 2.75) is 26.2 Å². The Morgan fingerprint density at radius 3 is 2.50 bits per heavy atom. The summed E-state index contributed by atoms with van der Waals surface area (Å²) in [5, 5.41) is 0. The van der Waals surface area contributed by atoms with E-state index in [0.29, 0.717) is 5.92 Å². The Kier molecular flexibility index (Phi) is 3.39. The van der Waals surface area contributed by atoms with Gasteiger partial charge < -0.3 is 10.6 Å². The van der Waals surface area contributed by atoms with Crippen LogP contribution in [0.5, 0.6) is 0 Å². The van der Waals surface area contributed by atoms with E-state index in [9.17, 15) is 0 Å². The van der Waals surface area contributed by atoms with Gasteiger partial charge in [0, 0.05) is 30.4 Å². The van der Waals surface area contributed by atoms with Gasteiger partial charge >= 0.3 is 0 Å². The van der Waals surface area contributed by atoms with Gasteiger partial charge in [-0.1, -0.05) is 18.2 Å². The van der Waals surface area contributed by atoms with Crippen LogP contribution in [-0.2, 0) is 0 Å². The number of nitrogen functional groups attached to an aromatic ring is 1. The Balaban J connectivity index is 1.79. The van der Waals surface area contributed by atoms with Crippen LogP contribution in [-0.4, -0.2) is 13.1 Å². The van der Waals surface area contributed by atoms with Crippen LogP contribution in [0.15, 0.2) is 42.5 Å². The molecule has 0 radical (unpaired) electrons. The van der Waals surface area contributed by atoms with E-state index < -0.39 is 0 Å². The number of hydrogen-bond donors (Lipinski definition) is 1. The molecule has 0 spiro atoms. The zero-order valence-corrected chi connectivity index (χ0v) is 12.3. The summed E-state index contributed by atoms with van der Waals surface area (Å²) in [6.07, 6.45) is 1.20. The minimum atomic E-state index is 0.597. The molecule has 0 aromatic heterocycles. The van der Waals surface area contributed by atoms with Crippen molar-refractivity contribution in [3.8, 4) is 0 Å². The van der Waals surface area contributed by atoms with E-state index in [2.05, 4.69) is 55.1 Å². The number of benzene rings is 2. The molecule has 1 fully saturated rings. The third kappa shape index (κ3) is 2.64. The second kappa shape index (κ2) is 5.20. The number of anilines is 2. The van der Waals surface area contributed by atoms with Crippen molar-refractivity contribution in [2.24, 2.45) is 0 Å². The molecule has 1 saturated heterocycles. The first-order valence-corrected chi connectivity index (χ1v) is 7.30. The van der Waals surface area contributed by atoms with Gasteiger partial charge in [0.25, 0.3) is 0 Å². The minimum Gasteiger partial charge on any atom is -0.399 e. The van der Waals surface area contributed by atoms with E-state index in [1.165, 1.54) is 28.8 Å². The zero-order chi connectivity index (χ0) is 14.1. The van der Waals surface area contributed by atoms with E-state index in [4.69, 9.17) is 5.73 Å². The monoisotopic (exact) mass is 266 g/mol. The maximum Gasteiger partial charge on any atom is 0.0371 e. The smallest absolute Gasteiger partial charge is 0.0371 e. The van der Waals surface area contributed by atoms with Crippen LogP contribution in [0.1, 0.15) is 29.0 Å². The SMILES string of the molecule is Cc1cc(C)cc(N2CCC(c3cccc(N)c3)C2)c1. The molecule has 1 aliphatic heterocycles. The second-order valence-corrected chi connectivity index (χ2v) is 5.95. The first kappa shape index (κ1) is 13.0. The van der Waals surface area contributed by atoms with Crippen molar-refractivity contribution < 1.29 is 0 Å². The molecule has 1 atom stereocenters. The van der Waals surface area contributed by atoms with Crippen molar-refractivity contribution in [2.75, 3.05) is 23.7 Å². The Bertz CT molecular complexity index is 598. The third-order valence-electron chi connectivity index (χ3n) is 4.14. The molecule has 1 heterocycles. The summed E-state index contributed by atoms with van der Waals surface area (Å²) in [4.78, 5) is 2.49. The van der Waals surface area contributed by atoms with Gasteiger partial charge in [-0.25, -0.2) is 0 Å². The molecular formula is C18H22N2. The first-order valence-electron chi connectivity index (χ1n) is 7.30. The zero-order valence-electron chi connectivity index (χ0n) is 12.3. The lowest BCUT2D eigenvalue weighted by molar-refractivity contribution is 0.775. The molecule has 1 unspecified atom stereocenters. The number of nitrogens with two attached hydrogens (primary N) is 1. The summed E-state index contributed by atoms with van der Waals surface area (Å²) in [5.41, 5.74) is 12.2. The second-order valence-electron chi connectivity index (χ2n) is 5.95.